The maximum absolute atomic E-state index is 13.3. The van der Waals surface area contributed by atoms with Gasteiger partial charge in [0.2, 0.25) is 5.91 Å². The Labute approximate surface area is 394 Å². The lowest BCUT2D eigenvalue weighted by atomic mass is 9.82. The minimum absolute atomic E-state index is 0.0645. The lowest BCUT2D eigenvalue weighted by molar-refractivity contribution is -0.130. The molecule has 0 saturated heterocycles. The Morgan fingerprint density at radius 1 is 0.776 bits per heavy atom. The highest BCUT2D eigenvalue weighted by molar-refractivity contribution is 6.30. The monoisotopic (exact) mass is 961 g/mol. The van der Waals surface area contributed by atoms with Crippen LogP contribution < -0.4 is 27.8 Å². The molecule has 22 heteroatoms. The van der Waals surface area contributed by atoms with Crippen molar-refractivity contribution in [1.82, 2.24) is 20.2 Å². The molecule has 9 atom stereocenters. The Morgan fingerprint density at radius 2 is 1.33 bits per heavy atom. The van der Waals surface area contributed by atoms with Crippen LogP contribution in [0.2, 0.25) is 5.15 Å². The lowest BCUT2D eigenvalue weighted by Crippen LogP contribution is -2.53. The van der Waals surface area contributed by atoms with E-state index in [1.54, 1.807) is 19.1 Å². The predicted molar refractivity (Wildman–Crippen MR) is 250 cm³/mol. The first kappa shape index (κ1) is 55.1. The number of aliphatic hydroxyl groups is 10. The number of nitrogens with two attached hydrogens (primary N) is 3. The first-order chi connectivity index (χ1) is 31.8. The average molecular weight is 963 g/mol. The van der Waals surface area contributed by atoms with E-state index in [0.29, 0.717) is 37.2 Å². The van der Waals surface area contributed by atoms with Crippen LogP contribution in [-0.2, 0) is 36.9 Å². The molecule has 0 unspecified atom stereocenters. The summed E-state index contributed by atoms with van der Waals surface area (Å²) in [6.07, 6.45) is -6.77. The molecule has 0 saturated carbocycles. The normalized spacial score (nSPS) is 17.1. The summed E-state index contributed by atoms with van der Waals surface area (Å²) in [6.45, 7) is -0.293. The van der Waals surface area contributed by atoms with Crippen molar-refractivity contribution in [2.45, 2.75) is 126 Å². The van der Waals surface area contributed by atoms with Gasteiger partial charge in [-0.1, -0.05) is 35.9 Å². The summed E-state index contributed by atoms with van der Waals surface area (Å²) >= 11 is 5.99. The molecule has 0 radical (unpaired) electrons. The van der Waals surface area contributed by atoms with Gasteiger partial charge in [0, 0.05) is 25.3 Å². The molecule has 372 valence electrons. The maximum Gasteiger partial charge on any atom is 0.280 e. The summed E-state index contributed by atoms with van der Waals surface area (Å²) < 4.78 is 0. The smallest absolute Gasteiger partial charge is 0.280 e. The van der Waals surface area contributed by atoms with Gasteiger partial charge in [-0.2, -0.15) is 0 Å². The van der Waals surface area contributed by atoms with Crippen molar-refractivity contribution in [3.8, 4) is 0 Å². The number of amides is 2. The fourth-order valence-corrected chi connectivity index (χ4v) is 8.05. The van der Waals surface area contributed by atoms with E-state index in [1.807, 2.05) is 12.1 Å². The molecular weight excluding hydrogens is 894 g/mol. The Morgan fingerprint density at radius 3 is 1.91 bits per heavy atom. The summed E-state index contributed by atoms with van der Waals surface area (Å²) in [4.78, 5) is 39.6. The highest BCUT2D eigenvalue weighted by Crippen LogP contribution is 2.30. The van der Waals surface area contributed by atoms with Crippen molar-refractivity contribution in [2.24, 2.45) is 16.5 Å². The number of unbranched alkanes of at least 4 members (excludes halogenated alkanes) is 1. The van der Waals surface area contributed by atoms with E-state index in [2.05, 4.69) is 37.7 Å². The molecule has 67 heavy (non-hydrogen) atoms. The quantitative estimate of drug-likeness (QED) is 0.0226. The van der Waals surface area contributed by atoms with Gasteiger partial charge in [0.25, 0.3) is 5.91 Å². The highest BCUT2D eigenvalue weighted by Gasteiger charge is 2.34. The summed E-state index contributed by atoms with van der Waals surface area (Å²) in [7, 11) is 0. The van der Waals surface area contributed by atoms with Gasteiger partial charge in [0.05, 0.1) is 37.2 Å². The van der Waals surface area contributed by atoms with Crippen molar-refractivity contribution in [2.75, 3.05) is 50.4 Å². The van der Waals surface area contributed by atoms with Crippen LogP contribution in [-0.4, -0.2) is 178 Å². The van der Waals surface area contributed by atoms with Gasteiger partial charge in [-0.05, 0) is 118 Å². The molecule has 2 aromatic carbocycles. The molecule has 18 N–H and O–H groups in total. The second-order valence-electron chi connectivity index (χ2n) is 17.0. The third kappa shape index (κ3) is 16.3. The van der Waals surface area contributed by atoms with E-state index in [1.165, 1.54) is 21.6 Å². The van der Waals surface area contributed by atoms with E-state index in [9.17, 15) is 50.4 Å². The minimum atomic E-state index is -1.89. The van der Waals surface area contributed by atoms with E-state index < -0.39 is 74.0 Å². The number of aliphatic imine (C=N–C) groups is 1. The molecule has 4 rings (SSSR count). The fraction of sp³-hybridized carbons (Fsp3) is 0.578. The zero-order chi connectivity index (χ0) is 49.4. The second kappa shape index (κ2) is 26.9. The van der Waals surface area contributed by atoms with Crippen LogP contribution in [0.25, 0.3) is 0 Å². The molecular formula is C45H68ClN9O12. The van der Waals surface area contributed by atoms with Crippen LogP contribution in [0.15, 0.2) is 41.4 Å². The molecule has 0 spiro atoms. The van der Waals surface area contributed by atoms with Crippen LogP contribution in [0.1, 0.15) is 76.1 Å². The summed E-state index contributed by atoms with van der Waals surface area (Å²) in [6, 6.07) is 10.4. The van der Waals surface area contributed by atoms with Crippen LogP contribution in [0.4, 0.5) is 11.5 Å². The van der Waals surface area contributed by atoms with Crippen molar-refractivity contribution >= 4 is 40.9 Å². The van der Waals surface area contributed by atoms with Gasteiger partial charge in [0.15, 0.2) is 22.6 Å². The lowest BCUT2D eigenvalue weighted by Gasteiger charge is -2.33. The van der Waals surface area contributed by atoms with Crippen molar-refractivity contribution in [1.29, 1.82) is 0 Å². The van der Waals surface area contributed by atoms with E-state index >= 15 is 0 Å². The number of carbonyl (C=O) groups excluding carboxylic acids is 2. The van der Waals surface area contributed by atoms with Crippen LogP contribution >= 0.6 is 11.6 Å². The molecule has 21 nitrogen and oxygen atoms in total. The van der Waals surface area contributed by atoms with Crippen LogP contribution in [0, 0.1) is 6.92 Å². The summed E-state index contributed by atoms with van der Waals surface area (Å²) in [5, 5.41) is 105. The summed E-state index contributed by atoms with van der Waals surface area (Å²) in [5.41, 5.74) is 24.7. The Balaban J connectivity index is 1.28. The molecule has 0 fully saturated rings. The number of anilines is 2. The zero-order valence-electron chi connectivity index (χ0n) is 37.7. The van der Waals surface area contributed by atoms with Gasteiger partial charge in [-0.3, -0.25) is 24.8 Å². The van der Waals surface area contributed by atoms with Gasteiger partial charge < -0.3 is 73.6 Å². The predicted octanol–water partition coefficient (Wildman–Crippen LogP) is -2.42. The van der Waals surface area contributed by atoms with Crippen LogP contribution in [0.3, 0.4) is 0 Å². The third-order valence-corrected chi connectivity index (χ3v) is 12.2. The Kier molecular flexibility index (Phi) is 22.2. The number of hydrogen-bond acceptors (Lipinski definition) is 18. The first-order valence-corrected chi connectivity index (χ1v) is 22.8. The third-order valence-electron chi connectivity index (χ3n) is 11.8. The first-order valence-electron chi connectivity index (χ1n) is 22.4. The SMILES string of the molecule is Cc1nc(N)c(C(=O)NC(N)=NCCCCc2ccc(C[C@H](N)C(=O)Nc3ccc(CCCN(C[C@H](O)[C@@H](O)[C@H](O)[C@H](O)CO)C[C@H](O)[C@@H](O)[C@H](O)[C@H](O)CO)cc3)c3c2CCCC3)nc1Cl. The molecule has 1 aliphatic rings. The second-order valence-corrected chi connectivity index (χ2v) is 17.4. The van der Waals surface area contributed by atoms with E-state index in [-0.39, 0.29) is 48.2 Å². The number of fused-ring (bicyclic) bond motifs is 1. The van der Waals surface area contributed by atoms with Gasteiger partial charge in [-0.25, -0.2) is 9.97 Å². The van der Waals surface area contributed by atoms with E-state index in [0.717, 1.165) is 56.1 Å². The Hall–Kier alpha value is -4.46. The standard InChI is InChI=1S/C45H68ClN9O12/c1-24-41(46)53-36(42(48)51-24)44(67)54-45(49)50-17-5-4-8-26-13-14-27(30-10-3-2-9-29(26)30)19-31(47)43(66)52-28-15-11-25(12-16-28)7-6-18-55(20-32(58)37(62)39(64)34(60)22-56)21-33(59)38(63)40(65)35(61)23-57/h11-16,31-35,37-40,56-65H,2-10,17-23,47H2,1H3,(H2,48,51)(H,52,66)(H3,49,50,54,67)/t31-,32-,33-,34+,35+,37+,38+,39+,40+/m0/s1. The number of halogens is 1. The van der Waals surface area contributed by atoms with Crippen molar-refractivity contribution in [3.05, 3.63) is 80.8 Å². The van der Waals surface area contributed by atoms with Crippen LogP contribution in [0.5, 0.6) is 0 Å². The molecule has 2 amide bonds. The maximum atomic E-state index is 13.3. The number of aryl methyl sites for hydroxylation is 3. The number of guanidine groups is 1. The molecule has 0 aliphatic heterocycles. The van der Waals surface area contributed by atoms with Crippen molar-refractivity contribution in [3.63, 3.8) is 0 Å². The number of nitrogen functional groups attached to an aromatic ring is 1. The molecule has 1 heterocycles. The summed E-state index contributed by atoms with van der Waals surface area (Å²) in [5.74, 6) is -1.13. The number of carbonyl (C=O) groups is 2. The topological polar surface area (TPSA) is 380 Å². The molecule has 0 bridgehead atoms. The van der Waals surface area contributed by atoms with E-state index in [4.69, 9.17) is 39.0 Å². The largest absolute Gasteiger partial charge is 0.394 e. The number of nitrogens with one attached hydrogen (secondary N) is 2. The molecule has 1 aromatic heterocycles. The number of rotatable bonds is 26. The number of benzene rings is 2. The number of aromatic nitrogens is 2. The number of aliphatic hydroxyl groups excluding tert-OH is 10. The van der Waals surface area contributed by atoms with Gasteiger partial charge in [0.1, 0.15) is 36.6 Å². The van der Waals surface area contributed by atoms with Gasteiger partial charge >= 0.3 is 0 Å². The van der Waals surface area contributed by atoms with Gasteiger partial charge in [-0.15, -0.1) is 0 Å². The highest BCUT2D eigenvalue weighted by atomic mass is 35.5. The zero-order valence-corrected chi connectivity index (χ0v) is 38.4. The molecule has 1 aliphatic carbocycles. The van der Waals surface area contributed by atoms with Crippen molar-refractivity contribution < 1.29 is 60.7 Å². The fourth-order valence-electron chi connectivity index (χ4n) is 7.92. The average Bonchev–Trinajstić information content (AvgIpc) is 3.31. The Bertz CT molecular complexity index is 2060. The number of hydrogen-bond donors (Lipinski definition) is 15. The molecule has 3 aromatic rings. The minimum Gasteiger partial charge on any atom is -0.394 e. The number of nitrogens with zero attached hydrogens (tertiary/aromatic N) is 4.